The van der Waals surface area contributed by atoms with Crippen molar-refractivity contribution in [2.45, 2.75) is 65.1 Å². The van der Waals surface area contributed by atoms with E-state index in [1.54, 1.807) is 0 Å². The SMILES string of the molecule is CCOC1CC(NCc2cc(C)c(C)s2)C12CCC2. The van der Waals surface area contributed by atoms with Crippen molar-refractivity contribution < 1.29 is 4.74 Å². The Morgan fingerprint density at radius 1 is 1.42 bits per heavy atom. The molecular formula is C16H25NOS. The van der Waals surface area contributed by atoms with Crippen LogP contribution in [-0.4, -0.2) is 18.8 Å². The van der Waals surface area contributed by atoms with Crippen LogP contribution in [0.3, 0.4) is 0 Å². The topological polar surface area (TPSA) is 21.3 Å². The lowest BCUT2D eigenvalue weighted by Gasteiger charge is -2.61. The molecule has 1 aromatic heterocycles. The fourth-order valence-corrected chi connectivity index (χ4v) is 4.69. The molecule has 2 unspecified atom stereocenters. The van der Waals surface area contributed by atoms with E-state index in [2.05, 4.69) is 32.2 Å². The molecule has 2 saturated carbocycles. The molecule has 106 valence electrons. The van der Waals surface area contributed by atoms with E-state index in [-0.39, 0.29) is 0 Å². The summed E-state index contributed by atoms with van der Waals surface area (Å²) in [7, 11) is 0. The van der Waals surface area contributed by atoms with E-state index < -0.39 is 0 Å². The van der Waals surface area contributed by atoms with Gasteiger partial charge in [-0.1, -0.05) is 6.42 Å². The average molecular weight is 279 g/mol. The fraction of sp³-hybridized carbons (Fsp3) is 0.750. The molecule has 2 aliphatic rings. The largest absolute Gasteiger partial charge is 0.378 e. The van der Waals surface area contributed by atoms with Gasteiger partial charge in [-0.3, -0.25) is 0 Å². The smallest absolute Gasteiger partial charge is 0.0661 e. The van der Waals surface area contributed by atoms with Crippen molar-refractivity contribution in [3.63, 3.8) is 0 Å². The number of rotatable bonds is 5. The Balaban J connectivity index is 1.56. The van der Waals surface area contributed by atoms with Crippen LogP contribution < -0.4 is 5.32 Å². The maximum Gasteiger partial charge on any atom is 0.0661 e. The molecule has 3 rings (SSSR count). The summed E-state index contributed by atoms with van der Waals surface area (Å²) in [5, 5.41) is 3.79. The first-order chi connectivity index (χ1) is 9.15. The van der Waals surface area contributed by atoms with E-state index in [1.807, 2.05) is 11.3 Å². The number of aryl methyl sites for hydroxylation is 2. The Labute approximate surface area is 120 Å². The highest BCUT2D eigenvalue weighted by Crippen LogP contribution is 2.57. The first-order valence-electron chi connectivity index (χ1n) is 7.56. The minimum absolute atomic E-state index is 0.483. The zero-order valence-electron chi connectivity index (χ0n) is 12.3. The van der Waals surface area contributed by atoms with Gasteiger partial charge in [-0.05, 0) is 51.7 Å². The molecule has 0 aromatic carbocycles. The van der Waals surface area contributed by atoms with Gasteiger partial charge in [-0.25, -0.2) is 0 Å². The van der Waals surface area contributed by atoms with E-state index in [0.717, 1.165) is 13.2 Å². The summed E-state index contributed by atoms with van der Waals surface area (Å²) in [6.07, 6.45) is 5.83. The molecule has 2 nitrogen and oxygen atoms in total. The number of hydrogen-bond acceptors (Lipinski definition) is 3. The molecule has 2 aliphatic carbocycles. The third-order valence-electron chi connectivity index (χ3n) is 5.18. The van der Waals surface area contributed by atoms with Gasteiger partial charge in [-0.2, -0.15) is 0 Å². The molecule has 2 atom stereocenters. The van der Waals surface area contributed by atoms with Crippen LogP contribution >= 0.6 is 11.3 Å². The minimum Gasteiger partial charge on any atom is -0.378 e. The molecule has 0 radical (unpaired) electrons. The second-order valence-corrected chi connectivity index (χ2v) is 7.49. The van der Waals surface area contributed by atoms with Crippen molar-refractivity contribution in [3.8, 4) is 0 Å². The Morgan fingerprint density at radius 2 is 2.21 bits per heavy atom. The lowest BCUT2D eigenvalue weighted by molar-refractivity contribution is -0.173. The molecule has 2 fully saturated rings. The number of nitrogens with one attached hydrogen (secondary N) is 1. The van der Waals surface area contributed by atoms with Gasteiger partial charge < -0.3 is 10.1 Å². The molecule has 0 aliphatic heterocycles. The van der Waals surface area contributed by atoms with Crippen LogP contribution in [0.2, 0.25) is 0 Å². The molecule has 3 heteroatoms. The van der Waals surface area contributed by atoms with E-state index in [9.17, 15) is 0 Å². The first kappa shape index (κ1) is 13.6. The molecular weight excluding hydrogens is 254 g/mol. The first-order valence-corrected chi connectivity index (χ1v) is 8.38. The molecule has 1 spiro atoms. The van der Waals surface area contributed by atoms with Gasteiger partial charge in [0, 0.05) is 34.4 Å². The van der Waals surface area contributed by atoms with Crippen LogP contribution in [0.25, 0.3) is 0 Å². The highest BCUT2D eigenvalue weighted by atomic mass is 32.1. The van der Waals surface area contributed by atoms with Crippen molar-refractivity contribution in [2.24, 2.45) is 5.41 Å². The van der Waals surface area contributed by atoms with Gasteiger partial charge in [0.25, 0.3) is 0 Å². The maximum atomic E-state index is 5.90. The number of hydrogen-bond donors (Lipinski definition) is 1. The van der Waals surface area contributed by atoms with Crippen LogP contribution in [0.1, 0.15) is 47.9 Å². The van der Waals surface area contributed by atoms with Crippen molar-refractivity contribution in [1.29, 1.82) is 0 Å². The zero-order valence-corrected chi connectivity index (χ0v) is 13.1. The Bertz CT molecular complexity index is 430. The van der Waals surface area contributed by atoms with Crippen LogP contribution in [0, 0.1) is 19.3 Å². The highest BCUT2D eigenvalue weighted by Gasteiger charge is 2.58. The van der Waals surface area contributed by atoms with Crippen LogP contribution in [0.4, 0.5) is 0 Å². The highest BCUT2D eigenvalue weighted by molar-refractivity contribution is 7.12. The molecule has 1 N–H and O–H groups in total. The molecule has 0 bridgehead atoms. The Hall–Kier alpha value is -0.380. The van der Waals surface area contributed by atoms with Crippen molar-refractivity contribution in [1.82, 2.24) is 5.32 Å². The summed E-state index contributed by atoms with van der Waals surface area (Å²) in [5.74, 6) is 0. The van der Waals surface area contributed by atoms with Crippen molar-refractivity contribution in [2.75, 3.05) is 6.61 Å². The molecule has 0 amide bonds. The molecule has 1 heterocycles. The summed E-state index contributed by atoms with van der Waals surface area (Å²) < 4.78 is 5.90. The summed E-state index contributed by atoms with van der Waals surface area (Å²) in [5.41, 5.74) is 1.91. The summed E-state index contributed by atoms with van der Waals surface area (Å²) >= 11 is 1.93. The molecule has 1 aromatic rings. The van der Waals surface area contributed by atoms with Crippen LogP contribution in [0.15, 0.2) is 6.07 Å². The predicted octanol–water partition coefficient (Wildman–Crippen LogP) is 3.80. The van der Waals surface area contributed by atoms with Gasteiger partial charge in [0.05, 0.1) is 6.10 Å². The van der Waals surface area contributed by atoms with Crippen LogP contribution in [-0.2, 0) is 11.3 Å². The lowest BCUT2D eigenvalue weighted by Crippen LogP contribution is -2.66. The number of ether oxygens (including phenoxy) is 1. The molecule has 19 heavy (non-hydrogen) atoms. The lowest BCUT2D eigenvalue weighted by atomic mass is 9.51. The third kappa shape index (κ3) is 2.26. The second-order valence-electron chi connectivity index (χ2n) is 6.15. The normalized spacial score (nSPS) is 28.2. The quantitative estimate of drug-likeness (QED) is 0.885. The monoisotopic (exact) mass is 279 g/mol. The van der Waals surface area contributed by atoms with Gasteiger partial charge >= 0.3 is 0 Å². The second kappa shape index (κ2) is 5.19. The molecule has 0 saturated heterocycles. The summed E-state index contributed by atoms with van der Waals surface area (Å²) in [6.45, 7) is 8.43. The number of thiophene rings is 1. The summed E-state index contributed by atoms with van der Waals surface area (Å²) in [4.78, 5) is 2.93. The van der Waals surface area contributed by atoms with E-state index in [1.165, 1.54) is 41.0 Å². The fourth-order valence-electron chi connectivity index (χ4n) is 3.69. The zero-order chi connectivity index (χ0) is 13.5. The standard InChI is InChI=1S/C16H25NOS/c1-4-18-15-9-14(16(15)6-5-7-16)17-10-13-8-11(2)12(3)19-13/h8,14-15,17H,4-7,9-10H2,1-3H3. The summed E-state index contributed by atoms with van der Waals surface area (Å²) in [6, 6.07) is 3.01. The van der Waals surface area contributed by atoms with Crippen molar-refractivity contribution in [3.05, 3.63) is 21.4 Å². The van der Waals surface area contributed by atoms with E-state index in [4.69, 9.17) is 4.74 Å². The van der Waals surface area contributed by atoms with Gasteiger partial charge in [-0.15, -0.1) is 11.3 Å². The van der Waals surface area contributed by atoms with Gasteiger partial charge in [0.15, 0.2) is 0 Å². The van der Waals surface area contributed by atoms with Crippen molar-refractivity contribution >= 4 is 11.3 Å². The van der Waals surface area contributed by atoms with E-state index >= 15 is 0 Å². The van der Waals surface area contributed by atoms with Gasteiger partial charge in [0.1, 0.15) is 0 Å². The predicted molar refractivity (Wildman–Crippen MR) is 80.7 cm³/mol. The average Bonchev–Trinajstić information content (AvgIpc) is 2.60. The maximum absolute atomic E-state index is 5.90. The Morgan fingerprint density at radius 3 is 2.74 bits per heavy atom. The van der Waals surface area contributed by atoms with Gasteiger partial charge in [0.2, 0.25) is 0 Å². The van der Waals surface area contributed by atoms with Crippen LogP contribution in [0.5, 0.6) is 0 Å². The Kier molecular flexibility index (Phi) is 3.71. The third-order valence-corrected chi connectivity index (χ3v) is 6.33. The van der Waals surface area contributed by atoms with E-state index in [0.29, 0.717) is 17.6 Å². The minimum atomic E-state index is 0.483.